The van der Waals surface area contributed by atoms with Crippen LogP contribution >= 0.6 is 15.9 Å². The first-order valence-corrected chi connectivity index (χ1v) is 7.65. The third kappa shape index (κ3) is 5.85. The van der Waals surface area contributed by atoms with E-state index in [4.69, 9.17) is 10.8 Å². The van der Waals surface area contributed by atoms with Crippen LogP contribution in [0.5, 0.6) is 0 Å². The fourth-order valence-electron chi connectivity index (χ4n) is 2.20. The van der Waals surface area contributed by atoms with Crippen LogP contribution in [0.2, 0.25) is 0 Å². The molecule has 0 aromatic heterocycles. The first-order chi connectivity index (χ1) is 9.83. The Kier molecular flexibility index (Phi) is 6.84. The van der Waals surface area contributed by atoms with Crippen LogP contribution in [0.25, 0.3) is 0 Å². The summed E-state index contributed by atoms with van der Waals surface area (Å²) in [5.74, 6) is -0.723. The Hall–Kier alpha value is -1.40. The van der Waals surface area contributed by atoms with Crippen molar-refractivity contribution in [2.75, 3.05) is 11.9 Å². The van der Waals surface area contributed by atoms with Crippen molar-refractivity contribution in [3.63, 3.8) is 0 Å². The molecule has 1 amide bonds. The van der Waals surface area contributed by atoms with E-state index >= 15 is 0 Å². The van der Waals surface area contributed by atoms with Crippen LogP contribution < -0.4 is 11.1 Å². The number of anilines is 1. The van der Waals surface area contributed by atoms with Gasteiger partial charge in [-0.05, 0) is 43.0 Å². The third-order valence-electron chi connectivity index (χ3n) is 3.10. The zero-order valence-corrected chi connectivity index (χ0v) is 13.8. The maximum Gasteiger partial charge on any atom is 0.337 e. The lowest BCUT2D eigenvalue weighted by molar-refractivity contribution is -0.117. The Bertz CT molecular complexity index is 518. The van der Waals surface area contributed by atoms with E-state index in [1.165, 1.54) is 6.07 Å². The fourth-order valence-corrected chi connectivity index (χ4v) is 2.56. The molecule has 4 N–H and O–H groups in total. The van der Waals surface area contributed by atoms with Crippen molar-refractivity contribution in [3.05, 3.63) is 28.2 Å². The third-order valence-corrected chi connectivity index (χ3v) is 3.59. The van der Waals surface area contributed by atoms with Crippen molar-refractivity contribution in [1.29, 1.82) is 0 Å². The number of carbonyl (C=O) groups is 2. The Balaban J connectivity index is 2.78. The summed E-state index contributed by atoms with van der Waals surface area (Å²) in [6.07, 6.45) is 1.16. The first kappa shape index (κ1) is 17.7. The number of rotatable bonds is 7. The van der Waals surface area contributed by atoms with Crippen LogP contribution in [-0.2, 0) is 4.79 Å². The molecule has 0 bridgehead atoms. The average molecular weight is 357 g/mol. The molecule has 0 saturated carbocycles. The van der Waals surface area contributed by atoms with Gasteiger partial charge in [-0.1, -0.05) is 29.8 Å². The van der Waals surface area contributed by atoms with Crippen LogP contribution in [0.15, 0.2) is 22.7 Å². The first-order valence-electron chi connectivity index (χ1n) is 6.86. The molecule has 21 heavy (non-hydrogen) atoms. The molecule has 1 atom stereocenters. The van der Waals surface area contributed by atoms with Gasteiger partial charge in [-0.15, -0.1) is 0 Å². The lowest BCUT2D eigenvalue weighted by atomic mass is 9.94. The number of benzene rings is 1. The zero-order chi connectivity index (χ0) is 16.0. The van der Waals surface area contributed by atoms with Gasteiger partial charge in [0, 0.05) is 10.9 Å². The standard InChI is InChI=1S/C15H21BrN2O3/c1-9(2)5-10(8-17)6-14(19)18-13-7-11(16)3-4-12(13)15(20)21/h3-4,7,9-10H,5-6,8,17H2,1-2H3,(H,18,19)(H,20,21)/t10-/m0/s1. The Morgan fingerprint density at radius 2 is 2.05 bits per heavy atom. The molecule has 0 radical (unpaired) electrons. The summed E-state index contributed by atoms with van der Waals surface area (Å²) in [5.41, 5.74) is 6.05. The van der Waals surface area contributed by atoms with E-state index in [1.807, 2.05) is 0 Å². The van der Waals surface area contributed by atoms with E-state index in [1.54, 1.807) is 12.1 Å². The monoisotopic (exact) mass is 356 g/mol. The molecule has 0 aliphatic rings. The van der Waals surface area contributed by atoms with Gasteiger partial charge in [0.25, 0.3) is 0 Å². The van der Waals surface area contributed by atoms with E-state index < -0.39 is 5.97 Å². The highest BCUT2D eigenvalue weighted by Gasteiger charge is 2.17. The molecule has 0 aliphatic heterocycles. The minimum atomic E-state index is -1.07. The van der Waals surface area contributed by atoms with E-state index in [0.717, 1.165) is 6.42 Å². The van der Waals surface area contributed by atoms with E-state index in [2.05, 4.69) is 35.1 Å². The molecule has 0 fully saturated rings. The van der Waals surface area contributed by atoms with Crippen molar-refractivity contribution in [2.45, 2.75) is 26.7 Å². The maximum atomic E-state index is 12.1. The number of carbonyl (C=O) groups excluding carboxylic acids is 1. The number of carboxylic acids is 1. The van der Waals surface area contributed by atoms with Gasteiger partial charge in [0.05, 0.1) is 11.3 Å². The van der Waals surface area contributed by atoms with Crippen molar-refractivity contribution in [1.82, 2.24) is 0 Å². The smallest absolute Gasteiger partial charge is 0.337 e. The van der Waals surface area contributed by atoms with Gasteiger partial charge < -0.3 is 16.2 Å². The predicted octanol–water partition coefficient (Wildman–Crippen LogP) is 3.10. The van der Waals surface area contributed by atoms with E-state index in [0.29, 0.717) is 29.0 Å². The largest absolute Gasteiger partial charge is 0.478 e. The van der Waals surface area contributed by atoms with Crippen LogP contribution in [0, 0.1) is 11.8 Å². The summed E-state index contributed by atoms with van der Waals surface area (Å²) in [5, 5.41) is 11.8. The Morgan fingerprint density at radius 3 is 2.57 bits per heavy atom. The van der Waals surface area contributed by atoms with Crippen molar-refractivity contribution in [2.24, 2.45) is 17.6 Å². The second-order valence-electron chi connectivity index (χ2n) is 5.48. The molecule has 0 heterocycles. The fraction of sp³-hybridized carbons (Fsp3) is 0.467. The topological polar surface area (TPSA) is 92.4 Å². The van der Waals surface area contributed by atoms with Gasteiger partial charge in [-0.3, -0.25) is 4.79 Å². The Morgan fingerprint density at radius 1 is 1.38 bits per heavy atom. The summed E-state index contributed by atoms with van der Waals surface area (Å²) >= 11 is 3.27. The maximum absolute atomic E-state index is 12.1. The van der Waals surface area contributed by atoms with Crippen molar-refractivity contribution < 1.29 is 14.7 Å². The number of aromatic carboxylic acids is 1. The molecule has 1 aromatic carbocycles. The van der Waals surface area contributed by atoms with Crippen molar-refractivity contribution >= 4 is 33.5 Å². The molecular formula is C15H21BrN2O3. The average Bonchev–Trinajstić information content (AvgIpc) is 2.36. The summed E-state index contributed by atoms with van der Waals surface area (Å²) < 4.78 is 0.709. The second-order valence-corrected chi connectivity index (χ2v) is 6.39. The van der Waals surface area contributed by atoms with E-state index in [-0.39, 0.29) is 17.4 Å². The quantitative estimate of drug-likeness (QED) is 0.699. The van der Waals surface area contributed by atoms with Crippen LogP contribution in [0.4, 0.5) is 5.69 Å². The van der Waals surface area contributed by atoms with Gasteiger partial charge >= 0.3 is 5.97 Å². The molecule has 5 nitrogen and oxygen atoms in total. The number of amides is 1. The highest BCUT2D eigenvalue weighted by molar-refractivity contribution is 9.10. The lowest BCUT2D eigenvalue weighted by Gasteiger charge is -2.17. The van der Waals surface area contributed by atoms with E-state index in [9.17, 15) is 9.59 Å². The predicted molar refractivity (Wildman–Crippen MR) is 86.3 cm³/mol. The molecule has 6 heteroatoms. The highest BCUT2D eigenvalue weighted by Crippen LogP contribution is 2.23. The molecule has 116 valence electrons. The molecule has 1 rings (SSSR count). The zero-order valence-electron chi connectivity index (χ0n) is 12.2. The normalized spacial score (nSPS) is 12.2. The Labute approximate surface area is 133 Å². The van der Waals surface area contributed by atoms with Crippen LogP contribution in [0.1, 0.15) is 37.0 Å². The minimum absolute atomic E-state index is 0.0692. The molecular weight excluding hydrogens is 336 g/mol. The SMILES string of the molecule is CC(C)C[C@H](CN)CC(=O)Nc1cc(Br)ccc1C(=O)O. The molecule has 0 spiro atoms. The minimum Gasteiger partial charge on any atom is -0.478 e. The number of hydrogen-bond donors (Lipinski definition) is 3. The van der Waals surface area contributed by atoms with Crippen LogP contribution in [0.3, 0.4) is 0 Å². The van der Waals surface area contributed by atoms with Gasteiger partial charge in [-0.25, -0.2) is 4.79 Å². The van der Waals surface area contributed by atoms with Gasteiger partial charge in [0.15, 0.2) is 0 Å². The molecule has 0 saturated heterocycles. The van der Waals surface area contributed by atoms with Gasteiger partial charge in [0.1, 0.15) is 0 Å². The number of hydrogen-bond acceptors (Lipinski definition) is 3. The summed E-state index contributed by atoms with van der Waals surface area (Å²) in [4.78, 5) is 23.2. The summed E-state index contributed by atoms with van der Waals surface area (Å²) in [6, 6.07) is 4.67. The second kappa shape index (κ2) is 8.14. The number of halogens is 1. The number of nitrogens with one attached hydrogen (secondary N) is 1. The molecule has 0 unspecified atom stereocenters. The summed E-state index contributed by atoms with van der Waals surface area (Å²) in [7, 11) is 0. The molecule has 1 aromatic rings. The number of carboxylic acid groups (broad SMARTS) is 1. The van der Waals surface area contributed by atoms with Crippen molar-refractivity contribution in [3.8, 4) is 0 Å². The lowest BCUT2D eigenvalue weighted by Crippen LogP contribution is -2.24. The van der Waals surface area contributed by atoms with Gasteiger partial charge in [-0.2, -0.15) is 0 Å². The highest BCUT2D eigenvalue weighted by atomic mass is 79.9. The summed E-state index contributed by atoms with van der Waals surface area (Å²) in [6.45, 7) is 4.60. The van der Waals surface area contributed by atoms with Crippen LogP contribution in [-0.4, -0.2) is 23.5 Å². The van der Waals surface area contributed by atoms with Gasteiger partial charge in [0.2, 0.25) is 5.91 Å². The number of nitrogens with two attached hydrogens (primary N) is 1. The molecule has 0 aliphatic carbocycles.